The first-order valence-electron chi connectivity index (χ1n) is 4.43. The van der Waals surface area contributed by atoms with Gasteiger partial charge in [-0.15, -0.1) is 0 Å². The van der Waals surface area contributed by atoms with Gasteiger partial charge in [0, 0.05) is 0 Å². The van der Waals surface area contributed by atoms with Crippen LogP contribution < -0.4 is 0 Å². The van der Waals surface area contributed by atoms with Crippen molar-refractivity contribution >= 4 is 11.6 Å². The molecule has 0 unspecified atom stereocenters. The highest BCUT2D eigenvalue weighted by Crippen LogP contribution is 2.31. The van der Waals surface area contributed by atoms with Crippen molar-refractivity contribution in [1.82, 2.24) is 0 Å². The van der Waals surface area contributed by atoms with E-state index in [4.69, 9.17) is 0 Å². The van der Waals surface area contributed by atoms with Crippen LogP contribution in [0.4, 0.5) is 0 Å². The van der Waals surface area contributed by atoms with Crippen molar-refractivity contribution in [2.45, 2.75) is 6.92 Å². The predicted molar refractivity (Wildman–Crippen MR) is 58.4 cm³/mol. The third-order valence-electron chi connectivity index (χ3n) is 2.33. The lowest BCUT2D eigenvalue weighted by Crippen LogP contribution is -1.85. The summed E-state index contributed by atoms with van der Waals surface area (Å²) >= 11 is 0. The normalized spacial score (nSPS) is 16.2. The molecular weight excluding hydrogens is 156 g/mol. The average molecular weight is 168 g/mol. The molecule has 0 fully saturated rings. The monoisotopic (exact) mass is 168 g/mol. The molecule has 1 aliphatic rings. The SMILES string of the molecule is C=C/C=C1/C=Cc2cccc(C)c21. The summed E-state index contributed by atoms with van der Waals surface area (Å²) in [6, 6.07) is 6.38. The van der Waals surface area contributed by atoms with Gasteiger partial charge in [-0.1, -0.05) is 49.1 Å². The van der Waals surface area contributed by atoms with E-state index < -0.39 is 0 Å². The summed E-state index contributed by atoms with van der Waals surface area (Å²) in [5.41, 5.74) is 5.26. The molecule has 0 saturated heterocycles. The van der Waals surface area contributed by atoms with E-state index in [1.807, 2.05) is 6.08 Å². The van der Waals surface area contributed by atoms with Gasteiger partial charge in [-0.25, -0.2) is 0 Å². The third-order valence-corrected chi connectivity index (χ3v) is 2.33. The molecule has 0 heterocycles. The number of aryl methyl sites for hydroxylation is 1. The van der Waals surface area contributed by atoms with E-state index in [2.05, 4.69) is 49.9 Å². The fraction of sp³-hybridized carbons (Fsp3) is 0.0769. The molecular formula is C13H12. The van der Waals surface area contributed by atoms with Crippen molar-refractivity contribution in [3.8, 4) is 0 Å². The molecule has 0 nitrogen and oxygen atoms in total. The Bertz CT molecular complexity index is 406. The first-order valence-corrected chi connectivity index (χ1v) is 4.43. The zero-order valence-electron chi connectivity index (χ0n) is 7.75. The van der Waals surface area contributed by atoms with Crippen LogP contribution in [0.1, 0.15) is 16.7 Å². The van der Waals surface area contributed by atoms with Crippen LogP contribution in [0.15, 0.2) is 43.0 Å². The summed E-state index contributed by atoms with van der Waals surface area (Å²) in [5.74, 6) is 0. The summed E-state index contributed by atoms with van der Waals surface area (Å²) < 4.78 is 0. The lowest BCUT2D eigenvalue weighted by Gasteiger charge is -2.04. The Hall–Kier alpha value is -1.56. The fourth-order valence-corrected chi connectivity index (χ4v) is 1.75. The second-order valence-electron chi connectivity index (χ2n) is 3.23. The maximum atomic E-state index is 3.72. The van der Waals surface area contributed by atoms with Gasteiger partial charge in [0.05, 0.1) is 0 Å². The zero-order valence-corrected chi connectivity index (χ0v) is 7.75. The highest BCUT2D eigenvalue weighted by Gasteiger charge is 2.10. The maximum Gasteiger partial charge on any atom is -0.00821 e. The smallest absolute Gasteiger partial charge is 0.00821 e. The summed E-state index contributed by atoms with van der Waals surface area (Å²) in [5, 5.41) is 0. The van der Waals surface area contributed by atoms with Gasteiger partial charge in [-0.3, -0.25) is 0 Å². The van der Waals surface area contributed by atoms with E-state index in [-0.39, 0.29) is 0 Å². The summed E-state index contributed by atoms with van der Waals surface area (Å²) in [7, 11) is 0. The van der Waals surface area contributed by atoms with E-state index >= 15 is 0 Å². The van der Waals surface area contributed by atoms with E-state index in [0.29, 0.717) is 0 Å². The number of rotatable bonds is 1. The topological polar surface area (TPSA) is 0 Å². The Labute approximate surface area is 78.9 Å². The predicted octanol–water partition coefficient (Wildman–Crippen LogP) is 3.59. The minimum absolute atomic E-state index is 1.27. The highest BCUT2D eigenvalue weighted by atomic mass is 14.1. The van der Waals surface area contributed by atoms with Crippen molar-refractivity contribution in [2.75, 3.05) is 0 Å². The summed E-state index contributed by atoms with van der Waals surface area (Å²) in [6.07, 6.45) is 8.17. The summed E-state index contributed by atoms with van der Waals surface area (Å²) in [6.45, 7) is 5.86. The Morgan fingerprint density at radius 2 is 2.08 bits per heavy atom. The third kappa shape index (κ3) is 1.25. The first kappa shape index (κ1) is 8.06. The standard InChI is InChI=1S/C13H12/c1-3-5-11-8-9-12-7-4-6-10(2)13(11)12/h3-9H,1H2,2H3/b11-5-. The fourth-order valence-electron chi connectivity index (χ4n) is 1.75. The Morgan fingerprint density at radius 3 is 2.85 bits per heavy atom. The van der Waals surface area contributed by atoms with Crippen LogP contribution >= 0.6 is 0 Å². The van der Waals surface area contributed by atoms with Gasteiger partial charge in [-0.2, -0.15) is 0 Å². The number of benzene rings is 1. The van der Waals surface area contributed by atoms with Crippen molar-refractivity contribution in [1.29, 1.82) is 0 Å². The molecule has 0 amide bonds. The average Bonchev–Trinajstić information content (AvgIpc) is 2.51. The molecule has 0 spiro atoms. The Morgan fingerprint density at radius 1 is 1.23 bits per heavy atom. The number of fused-ring (bicyclic) bond motifs is 1. The van der Waals surface area contributed by atoms with E-state index in [1.165, 1.54) is 22.3 Å². The summed E-state index contributed by atoms with van der Waals surface area (Å²) in [4.78, 5) is 0. The molecule has 64 valence electrons. The second-order valence-corrected chi connectivity index (χ2v) is 3.23. The molecule has 0 saturated carbocycles. The van der Waals surface area contributed by atoms with E-state index in [9.17, 15) is 0 Å². The molecule has 1 aromatic carbocycles. The second kappa shape index (κ2) is 3.06. The van der Waals surface area contributed by atoms with Gasteiger partial charge >= 0.3 is 0 Å². The first-order chi connectivity index (χ1) is 6.33. The lowest BCUT2D eigenvalue weighted by atomic mass is 10.0. The maximum absolute atomic E-state index is 3.72. The van der Waals surface area contributed by atoms with Gasteiger partial charge < -0.3 is 0 Å². The lowest BCUT2D eigenvalue weighted by molar-refractivity contribution is 1.43. The molecule has 0 aromatic heterocycles. The Kier molecular flexibility index (Phi) is 1.90. The zero-order chi connectivity index (χ0) is 9.26. The van der Waals surface area contributed by atoms with Crippen LogP contribution in [-0.4, -0.2) is 0 Å². The number of hydrogen-bond donors (Lipinski definition) is 0. The van der Waals surface area contributed by atoms with Crippen molar-refractivity contribution in [3.63, 3.8) is 0 Å². The number of allylic oxidation sites excluding steroid dienone is 4. The quantitative estimate of drug-likeness (QED) is 0.601. The van der Waals surface area contributed by atoms with Crippen LogP contribution in [0.3, 0.4) is 0 Å². The molecule has 1 aliphatic carbocycles. The molecule has 0 atom stereocenters. The van der Waals surface area contributed by atoms with Gasteiger partial charge in [0.25, 0.3) is 0 Å². The molecule has 0 heteroatoms. The molecule has 0 aliphatic heterocycles. The van der Waals surface area contributed by atoms with Crippen LogP contribution in [0.2, 0.25) is 0 Å². The van der Waals surface area contributed by atoms with Crippen LogP contribution in [-0.2, 0) is 0 Å². The molecule has 0 bridgehead atoms. The van der Waals surface area contributed by atoms with Crippen molar-refractivity contribution in [3.05, 3.63) is 59.7 Å². The highest BCUT2D eigenvalue weighted by molar-refractivity contribution is 5.91. The molecule has 13 heavy (non-hydrogen) atoms. The Balaban J connectivity index is 2.63. The largest absolute Gasteiger partial charge is 0.0990 e. The number of hydrogen-bond acceptors (Lipinski definition) is 0. The van der Waals surface area contributed by atoms with Crippen molar-refractivity contribution in [2.24, 2.45) is 0 Å². The van der Waals surface area contributed by atoms with Crippen LogP contribution in [0.25, 0.3) is 11.6 Å². The molecule has 2 rings (SSSR count). The van der Waals surface area contributed by atoms with Crippen LogP contribution in [0.5, 0.6) is 0 Å². The molecule has 0 radical (unpaired) electrons. The van der Waals surface area contributed by atoms with Gasteiger partial charge in [0.15, 0.2) is 0 Å². The molecule has 0 N–H and O–H groups in total. The van der Waals surface area contributed by atoms with Gasteiger partial charge in [0.2, 0.25) is 0 Å². The minimum Gasteiger partial charge on any atom is -0.0990 e. The van der Waals surface area contributed by atoms with Crippen molar-refractivity contribution < 1.29 is 0 Å². The van der Waals surface area contributed by atoms with Crippen LogP contribution in [0, 0.1) is 6.92 Å². The van der Waals surface area contributed by atoms with E-state index in [1.54, 1.807) is 0 Å². The van der Waals surface area contributed by atoms with Gasteiger partial charge in [0.1, 0.15) is 0 Å². The van der Waals surface area contributed by atoms with Gasteiger partial charge in [-0.05, 0) is 29.2 Å². The minimum atomic E-state index is 1.27. The van der Waals surface area contributed by atoms with E-state index in [0.717, 1.165) is 0 Å². The molecule has 1 aromatic rings.